The molecule has 0 aromatic heterocycles. The van der Waals surface area contributed by atoms with E-state index in [0.29, 0.717) is 21.2 Å². The number of rotatable bonds is 8. The van der Waals surface area contributed by atoms with E-state index in [0.717, 1.165) is 11.1 Å². The highest BCUT2D eigenvalue weighted by Gasteiger charge is 2.26. The van der Waals surface area contributed by atoms with Crippen molar-refractivity contribution >= 4 is 39.2 Å². The van der Waals surface area contributed by atoms with Crippen LogP contribution in [0.15, 0.2) is 71.6 Å². The van der Waals surface area contributed by atoms with Crippen LogP contribution in [0.3, 0.4) is 0 Å². The zero-order chi connectivity index (χ0) is 25.8. The number of hydrogen-bond donors (Lipinski definition) is 0. The van der Waals surface area contributed by atoms with Crippen molar-refractivity contribution < 1.29 is 17.9 Å². The highest BCUT2D eigenvalue weighted by atomic mass is 35.5. The van der Waals surface area contributed by atoms with Crippen LogP contribution >= 0.6 is 23.2 Å². The number of sulfonamides is 1. The lowest BCUT2D eigenvalue weighted by molar-refractivity contribution is 0.0526. The molecule has 0 atom stereocenters. The lowest BCUT2D eigenvalue weighted by Gasteiger charge is -2.24. The first-order chi connectivity index (χ1) is 16.4. The molecule has 186 valence electrons. The van der Waals surface area contributed by atoms with Gasteiger partial charge in [-0.25, -0.2) is 13.2 Å². The van der Waals surface area contributed by atoms with Gasteiger partial charge >= 0.3 is 5.97 Å². The van der Waals surface area contributed by atoms with Crippen LogP contribution in [0.4, 0.5) is 0 Å². The molecule has 0 amide bonds. The Kier molecular flexibility index (Phi) is 8.65. The minimum Gasteiger partial charge on any atom is -0.462 e. The van der Waals surface area contributed by atoms with E-state index in [1.165, 1.54) is 4.31 Å². The summed E-state index contributed by atoms with van der Waals surface area (Å²) in [6.07, 6.45) is 0. The maximum atomic E-state index is 13.7. The van der Waals surface area contributed by atoms with E-state index < -0.39 is 16.0 Å². The minimum atomic E-state index is -3.87. The fourth-order valence-electron chi connectivity index (χ4n) is 3.51. The number of esters is 1. The average molecular weight is 535 g/mol. The van der Waals surface area contributed by atoms with Crippen LogP contribution in [0.25, 0.3) is 0 Å². The first kappa shape index (κ1) is 27.2. The van der Waals surface area contributed by atoms with Crippen molar-refractivity contribution in [1.29, 1.82) is 0 Å². The van der Waals surface area contributed by atoms with Gasteiger partial charge in [0.1, 0.15) is 0 Å². The molecule has 0 aliphatic heterocycles. The molecule has 5 nitrogen and oxygen atoms in total. The van der Waals surface area contributed by atoms with Gasteiger partial charge in [-0.15, -0.1) is 0 Å². The molecule has 3 aromatic carbocycles. The minimum absolute atomic E-state index is 0.0545. The number of hydrogen-bond acceptors (Lipinski definition) is 4. The number of carbonyl (C=O) groups excluding carboxylic acids is 1. The monoisotopic (exact) mass is 533 g/mol. The average Bonchev–Trinajstić information content (AvgIpc) is 2.80. The highest BCUT2D eigenvalue weighted by molar-refractivity contribution is 7.89. The van der Waals surface area contributed by atoms with E-state index in [4.69, 9.17) is 27.9 Å². The van der Waals surface area contributed by atoms with E-state index in [-0.39, 0.29) is 30.0 Å². The molecule has 8 heteroatoms. The van der Waals surface area contributed by atoms with Crippen molar-refractivity contribution in [2.24, 2.45) is 0 Å². The topological polar surface area (TPSA) is 63.7 Å². The summed E-state index contributed by atoms with van der Waals surface area (Å²) in [6, 6.07) is 18.7. The quantitative estimate of drug-likeness (QED) is 0.296. The van der Waals surface area contributed by atoms with Gasteiger partial charge in [0, 0.05) is 23.1 Å². The molecule has 0 bridgehead atoms. The van der Waals surface area contributed by atoms with Gasteiger partial charge in [-0.2, -0.15) is 4.31 Å². The Morgan fingerprint density at radius 1 is 0.914 bits per heavy atom. The molecular formula is C27H29Cl2NO4S. The Hall–Kier alpha value is -2.38. The van der Waals surface area contributed by atoms with Crippen LogP contribution in [0.1, 0.15) is 54.7 Å². The smallest absolute Gasteiger partial charge is 0.338 e. The Bertz CT molecular complexity index is 1280. The molecular weight excluding hydrogens is 505 g/mol. The van der Waals surface area contributed by atoms with Crippen LogP contribution in [0.5, 0.6) is 0 Å². The second kappa shape index (κ2) is 11.1. The van der Waals surface area contributed by atoms with Crippen molar-refractivity contribution in [3.8, 4) is 0 Å². The number of nitrogens with zero attached hydrogens (tertiary/aromatic N) is 1. The van der Waals surface area contributed by atoms with Crippen LogP contribution in [0.2, 0.25) is 10.0 Å². The molecule has 0 aliphatic rings. The van der Waals surface area contributed by atoms with Crippen molar-refractivity contribution in [3.05, 3.63) is 99.0 Å². The molecule has 3 aromatic rings. The molecule has 0 saturated carbocycles. The lowest BCUT2D eigenvalue weighted by Crippen LogP contribution is -2.30. The van der Waals surface area contributed by atoms with Gasteiger partial charge in [0.2, 0.25) is 10.0 Å². The molecule has 0 radical (unpaired) electrons. The van der Waals surface area contributed by atoms with Crippen molar-refractivity contribution in [2.75, 3.05) is 6.61 Å². The third kappa shape index (κ3) is 6.85. The Morgan fingerprint density at radius 2 is 1.54 bits per heavy atom. The van der Waals surface area contributed by atoms with E-state index in [1.807, 2.05) is 12.1 Å². The fourth-order valence-corrected chi connectivity index (χ4v) is 5.38. The van der Waals surface area contributed by atoms with E-state index in [2.05, 4.69) is 20.8 Å². The molecule has 0 N–H and O–H groups in total. The number of halogens is 2. The van der Waals surface area contributed by atoms with Crippen LogP contribution < -0.4 is 0 Å². The first-order valence-corrected chi connectivity index (χ1v) is 13.4. The van der Waals surface area contributed by atoms with Crippen LogP contribution in [-0.2, 0) is 33.3 Å². The molecule has 3 rings (SSSR count). The third-order valence-electron chi connectivity index (χ3n) is 5.54. The van der Waals surface area contributed by atoms with E-state index >= 15 is 0 Å². The molecule has 35 heavy (non-hydrogen) atoms. The molecule has 0 fully saturated rings. The maximum absolute atomic E-state index is 13.7. The molecule has 0 spiro atoms. The highest BCUT2D eigenvalue weighted by Crippen LogP contribution is 2.28. The second-order valence-corrected chi connectivity index (χ2v) is 12.0. The van der Waals surface area contributed by atoms with Crippen molar-refractivity contribution in [3.63, 3.8) is 0 Å². The van der Waals surface area contributed by atoms with Gasteiger partial charge in [0.05, 0.1) is 17.1 Å². The summed E-state index contributed by atoms with van der Waals surface area (Å²) in [5.74, 6) is -0.421. The summed E-state index contributed by atoms with van der Waals surface area (Å²) in [6.45, 7) is 8.39. The normalized spacial score (nSPS) is 12.1. The van der Waals surface area contributed by atoms with Gasteiger partial charge in [-0.05, 0) is 65.4 Å². The molecule has 0 unspecified atom stereocenters. The summed E-state index contributed by atoms with van der Waals surface area (Å²) < 4.78 is 33.8. The zero-order valence-electron chi connectivity index (χ0n) is 20.2. The Balaban J connectivity index is 1.96. The first-order valence-electron chi connectivity index (χ1n) is 11.2. The van der Waals surface area contributed by atoms with E-state index in [9.17, 15) is 13.2 Å². The number of carbonyl (C=O) groups is 1. The zero-order valence-corrected chi connectivity index (χ0v) is 22.5. The van der Waals surface area contributed by atoms with Gasteiger partial charge in [0.25, 0.3) is 0 Å². The predicted molar refractivity (Wildman–Crippen MR) is 140 cm³/mol. The van der Waals surface area contributed by atoms with E-state index in [1.54, 1.807) is 61.5 Å². The fraction of sp³-hybridized carbons (Fsp3) is 0.296. The summed E-state index contributed by atoms with van der Waals surface area (Å²) in [5.41, 5.74) is 2.70. The molecule has 0 heterocycles. The summed E-state index contributed by atoms with van der Waals surface area (Å²) in [7, 11) is -3.87. The Morgan fingerprint density at radius 3 is 2.09 bits per heavy atom. The maximum Gasteiger partial charge on any atom is 0.338 e. The molecule has 0 aliphatic carbocycles. The van der Waals surface area contributed by atoms with Crippen LogP contribution in [0, 0.1) is 0 Å². The predicted octanol–water partition coefficient (Wildman–Crippen LogP) is 6.86. The number of benzene rings is 3. The van der Waals surface area contributed by atoms with Gasteiger partial charge in [-0.1, -0.05) is 74.3 Å². The SMILES string of the molecule is CCOC(=O)c1ccc(CN(Cc2ccc(Cl)cc2Cl)S(=O)(=O)c2ccc(C(C)(C)C)cc2)cc1. The largest absolute Gasteiger partial charge is 0.462 e. The summed E-state index contributed by atoms with van der Waals surface area (Å²) in [5, 5.41) is 0.860. The number of ether oxygens (including phenoxy) is 1. The van der Waals surface area contributed by atoms with Gasteiger partial charge in [0.15, 0.2) is 0 Å². The van der Waals surface area contributed by atoms with Gasteiger partial charge in [-0.3, -0.25) is 0 Å². The summed E-state index contributed by atoms with van der Waals surface area (Å²) >= 11 is 12.4. The lowest BCUT2D eigenvalue weighted by atomic mass is 9.87. The van der Waals surface area contributed by atoms with Crippen LogP contribution in [-0.4, -0.2) is 25.3 Å². The van der Waals surface area contributed by atoms with Crippen molar-refractivity contribution in [1.82, 2.24) is 4.31 Å². The second-order valence-electron chi connectivity index (χ2n) is 9.20. The molecule has 0 saturated heterocycles. The third-order valence-corrected chi connectivity index (χ3v) is 7.94. The standard InChI is InChI=1S/C27H29Cl2NO4S/c1-5-34-26(31)20-8-6-19(7-9-20)17-30(18-21-10-13-23(28)16-25(21)29)35(32,33)24-14-11-22(12-15-24)27(2,3)4/h6-16H,5,17-18H2,1-4H3. The summed E-state index contributed by atoms with van der Waals surface area (Å²) in [4.78, 5) is 12.2. The van der Waals surface area contributed by atoms with Gasteiger partial charge < -0.3 is 4.74 Å². The van der Waals surface area contributed by atoms with Crippen molar-refractivity contribution in [2.45, 2.75) is 51.1 Å². The Labute approximate surface area is 217 Å².